The number of fused-ring (bicyclic) bond motifs is 1. The molecule has 0 saturated carbocycles. The zero-order chi connectivity index (χ0) is 18.7. The van der Waals surface area contributed by atoms with E-state index in [1.807, 2.05) is 31.2 Å². The highest BCUT2D eigenvalue weighted by Gasteiger charge is 2.25. The fraction of sp³-hybridized carbons (Fsp3) is 0.450. The molecule has 0 atom stereocenters. The third-order valence-corrected chi connectivity index (χ3v) is 5.08. The van der Waals surface area contributed by atoms with Crippen LogP contribution in [0.4, 0.5) is 0 Å². The van der Waals surface area contributed by atoms with Crippen LogP contribution >= 0.6 is 0 Å². The van der Waals surface area contributed by atoms with Crippen molar-refractivity contribution in [2.24, 2.45) is 5.92 Å². The van der Waals surface area contributed by atoms with Crippen LogP contribution in [0, 0.1) is 12.8 Å². The number of hydrogen-bond acceptors (Lipinski definition) is 3. The lowest BCUT2D eigenvalue weighted by atomic mass is 9.96. The van der Waals surface area contributed by atoms with E-state index in [1.54, 1.807) is 11.8 Å². The number of benzene rings is 1. The molecular formula is C20H25N3O3. The van der Waals surface area contributed by atoms with Crippen LogP contribution in [-0.4, -0.2) is 41.3 Å². The van der Waals surface area contributed by atoms with Gasteiger partial charge in [0.1, 0.15) is 0 Å². The van der Waals surface area contributed by atoms with Crippen molar-refractivity contribution in [2.45, 2.75) is 33.1 Å². The molecule has 1 aliphatic heterocycles. The third kappa shape index (κ3) is 4.12. The second-order valence-corrected chi connectivity index (χ2v) is 7.04. The van der Waals surface area contributed by atoms with Crippen molar-refractivity contribution >= 4 is 22.7 Å². The standard InChI is InChI=1S/C20H25N3O3/c1-13-3-4-18-17(11-13)12-16(20(26)22-18)5-8-21-19(25)15-6-9-23(10-7-15)14(2)24/h3-4,11-12,15H,5-10H2,1-2H3,(H,21,25)(H,22,26). The summed E-state index contributed by atoms with van der Waals surface area (Å²) in [4.78, 5) is 40.5. The van der Waals surface area contributed by atoms with Crippen LogP contribution in [0.3, 0.4) is 0 Å². The number of rotatable bonds is 4. The number of carbonyl (C=O) groups excluding carboxylic acids is 2. The molecule has 1 saturated heterocycles. The molecule has 1 aromatic carbocycles. The normalized spacial score (nSPS) is 15.2. The second-order valence-electron chi connectivity index (χ2n) is 7.04. The number of H-pyrrole nitrogens is 1. The van der Waals surface area contributed by atoms with Gasteiger partial charge in [-0.3, -0.25) is 14.4 Å². The molecule has 1 fully saturated rings. The molecule has 2 heterocycles. The second kappa shape index (κ2) is 7.72. The Kier molecular flexibility index (Phi) is 5.40. The Morgan fingerprint density at radius 1 is 1.23 bits per heavy atom. The van der Waals surface area contributed by atoms with E-state index in [9.17, 15) is 14.4 Å². The Morgan fingerprint density at radius 2 is 1.96 bits per heavy atom. The molecule has 0 radical (unpaired) electrons. The van der Waals surface area contributed by atoms with Gasteiger partial charge in [-0.15, -0.1) is 0 Å². The lowest BCUT2D eigenvalue weighted by Crippen LogP contribution is -2.42. The first kappa shape index (κ1) is 18.2. The smallest absolute Gasteiger partial charge is 0.251 e. The molecule has 1 aromatic heterocycles. The summed E-state index contributed by atoms with van der Waals surface area (Å²) in [5.74, 6) is 0.0269. The van der Waals surface area contributed by atoms with Gasteiger partial charge < -0.3 is 15.2 Å². The minimum absolute atomic E-state index is 0.0151. The van der Waals surface area contributed by atoms with Gasteiger partial charge in [-0.2, -0.15) is 0 Å². The first-order valence-electron chi connectivity index (χ1n) is 9.10. The number of nitrogens with one attached hydrogen (secondary N) is 2. The number of piperidine rings is 1. The van der Waals surface area contributed by atoms with Crippen LogP contribution < -0.4 is 10.9 Å². The van der Waals surface area contributed by atoms with Crippen molar-refractivity contribution in [3.05, 3.63) is 45.7 Å². The van der Waals surface area contributed by atoms with Crippen molar-refractivity contribution < 1.29 is 9.59 Å². The van der Waals surface area contributed by atoms with Crippen LogP contribution in [0.1, 0.15) is 30.9 Å². The minimum Gasteiger partial charge on any atom is -0.356 e. The van der Waals surface area contributed by atoms with Gasteiger partial charge in [0.15, 0.2) is 0 Å². The topological polar surface area (TPSA) is 82.3 Å². The summed E-state index contributed by atoms with van der Waals surface area (Å²) in [6, 6.07) is 7.81. The monoisotopic (exact) mass is 355 g/mol. The van der Waals surface area contributed by atoms with Crippen LogP contribution in [0.5, 0.6) is 0 Å². The summed E-state index contributed by atoms with van der Waals surface area (Å²) in [5.41, 5.74) is 2.53. The molecule has 0 unspecified atom stereocenters. The summed E-state index contributed by atoms with van der Waals surface area (Å²) in [6.45, 7) is 5.28. The Labute approximate surface area is 152 Å². The summed E-state index contributed by atoms with van der Waals surface area (Å²) in [6.07, 6.45) is 1.89. The maximum absolute atomic E-state index is 12.3. The number of aryl methyl sites for hydroxylation is 1. The van der Waals surface area contributed by atoms with Gasteiger partial charge in [0.25, 0.3) is 5.56 Å². The number of nitrogens with zero attached hydrogens (tertiary/aromatic N) is 1. The van der Waals surface area contributed by atoms with E-state index < -0.39 is 0 Å². The average molecular weight is 355 g/mol. The fourth-order valence-electron chi connectivity index (χ4n) is 3.48. The Hall–Kier alpha value is -2.63. The Morgan fingerprint density at radius 3 is 2.65 bits per heavy atom. The average Bonchev–Trinajstić information content (AvgIpc) is 2.62. The molecule has 2 N–H and O–H groups in total. The molecular weight excluding hydrogens is 330 g/mol. The van der Waals surface area contributed by atoms with Crippen LogP contribution in [0.25, 0.3) is 10.9 Å². The van der Waals surface area contributed by atoms with Crippen molar-refractivity contribution in [3.8, 4) is 0 Å². The molecule has 6 nitrogen and oxygen atoms in total. The van der Waals surface area contributed by atoms with Gasteiger partial charge >= 0.3 is 0 Å². The number of aromatic amines is 1. The summed E-state index contributed by atoms with van der Waals surface area (Å²) in [7, 11) is 0. The maximum Gasteiger partial charge on any atom is 0.251 e. The molecule has 0 aliphatic carbocycles. The van der Waals surface area contributed by atoms with E-state index in [1.165, 1.54) is 0 Å². The predicted molar refractivity (Wildman–Crippen MR) is 101 cm³/mol. The number of likely N-dealkylation sites (tertiary alicyclic amines) is 1. The van der Waals surface area contributed by atoms with Gasteiger partial charge in [-0.05, 0) is 49.8 Å². The van der Waals surface area contributed by atoms with E-state index in [0.29, 0.717) is 44.5 Å². The van der Waals surface area contributed by atoms with Crippen LogP contribution in [0.15, 0.2) is 29.1 Å². The van der Waals surface area contributed by atoms with Crippen LogP contribution in [-0.2, 0) is 16.0 Å². The number of aromatic nitrogens is 1. The molecule has 26 heavy (non-hydrogen) atoms. The Bertz CT molecular complexity index is 879. The first-order chi connectivity index (χ1) is 12.4. The minimum atomic E-state index is -0.106. The largest absolute Gasteiger partial charge is 0.356 e. The highest BCUT2D eigenvalue weighted by atomic mass is 16.2. The number of pyridine rings is 1. The van der Waals surface area contributed by atoms with Gasteiger partial charge in [0.05, 0.1) is 0 Å². The van der Waals surface area contributed by atoms with E-state index >= 15 is 0 Å². The lowest BCUT2D eigenvalue weighted by molar-refractivity contribution is -0.133. The molecule has 6 heteroatoms. The summed E-state index contributed by atoms with van der Waals surface area (Å²) in [5, 5.41) is 3.94. The number of carbonyl (C=O) groups is 2. The molecule has 2 amide bonds. The van der Waals surface area contributed by atoms with E-state index in [2.05, 4.69) is 10.3 Å². The number of amides is 2. The quantitative estimate of drug-likeness (QED) is 0.877. The highest BCUT2D eigenvalue weighted by molar-refractivity contribution is 5.80. The predicted octanol–water partition coefficient (Wildman–Crippen LogP) is 1.75. The van der Waals surface area contributed by atoms with Gasteiger partial charge in [0, 0.05) is 43.6 Å². The van der Waals surface area contributed by atoms with E-state index in [0.717, 1.165) is 16.5 Å². The molecule has 2 aromatic rings. The third-order valence-electron chi connectivity index (χ3n) is 5.08. The lowest BCUT2D eigenvalue weighted by Gasteiger charge is -2.30. The van der Waals surface area contributed by atoms with Crippen molar-refractivity contribution in [3.63, 3.8) is 0 Å². The van der Waals surface area contributed by atoms with E-state index in [4.69, 9.17) is 0 Å². The van der Waals surface area contributed by atoms with Crippen molar-refractivity contribution in [2.75, 3.05) is 19.6 Å². The van der Waals surface area contributed by atoms with Crippen molar-refractivity contribution in [1.29, 1.82) is 0 Å². The van der Waals surface area contributed by atoms with Gasteiger partial charge in [0.2, 0.25) is 11.8 Å². The van der Waals surface area contributed by atoms with Gasteiger partial charge in [-0.1, -0.05) is 11.6 Å². The highest BCUT2D eigenvalue weighted by Crippen LogP contribution is 2.17. The zero-order valence-electron chi connectivity index (χ0n) is 15.3. The molecule has 3 rings (SSSR count). The zero-order valence-corrected chi connectivity index (χ0v) is 15.3. The number of hydrogen-bond donors (Lipinski definition) is 2. The summed E-state index contributed by atoms with van der Waals surface area (Å²) < 4.78 is 0. The SMILES string of the molecule is CC(=O)N1CCC(C(=O)NCCc2cc3cc(C)ccc3[nH]c2=O)CC1. The maximum atomic E-state index is 12.3. The molecule has 138 valence electrons. The first-order valence-corrected chi connectivity index (χ1v) is 9.10. The fourth-order valence-corrected chi connectivity index (χ4v) is 3.48. The summed E-state index contributed by atoms with van der Waals surface area (Å²) >= 11 is 0. The molecule has 0 bridgehead atoms. The van der Waals surface area contributed by atoms with Crippen LogP contribution in [0.2, 0.25) is 0 Å². The molecule has 0 spiro atoms. The Balaban J connectivity index is 1.55. The van der Waals surface area contributed by atoms with Crippen molar-refractivity contribution in [1.82, 2.24) is 15.2 Å². The van der Waals surface area contributed by atoms with E-state index in [-0.39, 0.29) is 23.3 Å². The molecule has 1 aliphatic rings. The van der Waals surface area contributed by atoms with Gasteiger partial charge in [-0.25, -0.2) is 0 Å².